The van der Waals surface area contributed by atoms with Crippen LogP contribution in [-0.2, 0) is 11.2 Å². The minimum atomic E-state index is -0.486. The number of benzene rings is 1. The van der Waals surface area contributed by atoms with E-state index in [1.54, 1.807) is 0 Å². The van der Waals surface area contributed by atoms with Crippen LogP contribution >= 0.6 is 0 Å². The summed E-state index contributed by atoms with van der Waals surface area (Å²) in [5.74, 6) is -0.973. The summed E-state index contributed by atoms with van der Waals surface area (Å²) in [4.78, 5) is 0. The zero-order valence-corrected chi connectivity index (χ0v) is 11.5. The summed E-state index contributed by atoms with van der Waals surface area (Å²) >= 11 is 0. The summed E-state index contributed by atoms with van der Waals surface area (Å²) in [6.07, 6.45) is 3.36. The maximum absolute atomic E-state index is 13.7. The second-order valence-corrected chi connectivity index (χ2v) is 5.36. The smallest absolute Gasteiger partial charge is 0.129 e. The molecule has 1 aliphatic rings. The van der Waals surface area contributed by atoms with Gasteiger partial charge in [-0.2, -0.15) is 0 Å². The molecule has 2 nitrogen and oxygen atoms in total. The summed E-state index contributed by atoms with van der Waals surface area (Å²) < 4.78 is 33.3. The van der Waals surface area contributed by atoms with Crippen molar-refractivity contribution in [3.63, 3.8) is 0 Å². The van der Waals surface area contributed by atoms with Gasteiger partial charge >= 0.3 is 0 Å². The fourth-order valence-corrected chi connectivity index (χ4v) is 2.79. The lowest BCUT2D eigenvalue weighted by atomic mass is 9.84. The summed E-state index contributed by atoms with van der Waals surface area (Å²) in [6, 6.07) is 3.89. The molecule has 1 heterocycles. The topological polar surface area (TPSA) is 21.3 Å². The molecule has 1 aromatic carbocycles. The molecular weight excluding hydrogens is 248 g/mol. The van der Waals surface area contributed by atoms with Gasteiger partial charge in [-0.05, 0) is 51.8 Å². The number of halogens is 2. The third-order valence-electron chi connectivity index (χ3n) is 4.05. The van der Waals surface area contributed by atoms with Gasteiger partial charge in [0.2, 0.25) is 0 Å². The Labute approximate surface area is 113 Å². The van der Waals surface area contributed by atoms with Crippen molar-refractivity contribution in [1.82, 2.24) is 5.32 Å². The SMILES string of the molecule is CNC(Cc1c(F)cccc1F)C1(C)CCCCO1. The summed E-state index contributed by atoms with van der Waals surface area (Å²) in [5, 5.41) is 3.16. The van der Waals surface area contributed by atoms with Crippen LogP contribution in [0.5, 0.6) is 0 Å². The fraction of sp³-hybridized carbons (Fsp3) is 0.600. The van der Waals surface area contributed by atoms with Crippen molar-refractivity contribution in [3.8, 4) is 0 Å². The van der Waals surface area contributed by atoms with E-state index in [0.717, 1.165) is 19.3 Å². The molecule has 106 valence electrons. The predicted octanol–water partition coefficient (Wildman–Crippen LogP) is 3.05. The van der Waals surface area contributed by atoms with Gasteiger partial charge in [-0.15, -0.1) is 0 Å². The first kappa shape index (κ1) is 14.4. The predicted molar refractivity (Wildman–Crippen MR) is 71.1 cm³/mol. The Bertz CT molecular complexity index is 410. The van der Waals surface area contributed by atoms with Crippen molar-refractivity contribution in [3.05, 3.63) is 35.4 Å². The Kier molecular flexibility index (Phi) is 4.53. The van der Waals surface area contributed by atoms with Crippen LogP contribution < -0.4 is 5.32 Å². The van der Waals surface area contributed by atoms with Gasteiger partial charge in [-0.1, -0.05) is 6.07 Å². The van der Waals surface area contributed by atoms with Crippen LogP contribution in [0.2, 0.25) is 0 Å². The van der Waals surface area contributed by atoms with Crippen LogP contribution in [0.3, 0.4) is 0 Å². The highest BCUT2D eigenvalue weighted by molar-refractivity contribution is 5.21. The van der Waals surface area contributed by atoms with Crippen molar-refractivity contribution in [2.24, 2.45) is 0 Å². The van der Waals surface area contributed by atoms with Crippen molar-refractivity contribution in [2.75, 3.05) is 13.7 Å². The van der Waals surface area contributed by atoms with Crippen molar-refractivity contribution in [2.45, 2.75) is 44.2 Å². The van der Waals surface area contributed by atoms with Gasteiger partial charge < -0.3 is 10.1 Å². The minimum Gasteiger partial charge on any atom is -0.374 e. The molecular formula is C15H21F2NO. The lowest BCUT2D eigenvalue weighted by molar-refractivity contribution is -0.0872. The van der Waals surface area contributed by atoms with E-state index in [1.807, 2.05) is 14.0 Å². The maximum atomic E-state index is 13.7. The van der Waals surface area contributed by atoms with E-state index < -0.39 is 11.6 Å². The first-order valence-electron chi connectivity index (χ1n) is 6.81. The van der Waals surface area contributed by atoms with Crippen molar-refractivity contribution < 1.29 is 13.5 Å². The van der Waals surface area contributed by atoms with Crippen LogP contribution in [0.1, 0.15) is 31.7 Å². The van der Waals surface area contributed by atoms with Crippen LogP contribution in [0.25, 0.3) is 0 Å². The van der Waals surface area contributed by atoms with Gasteiger partial charge in [0, 0.05) is 18.2 Å². The number of hydrogen-bond donors (Lipinski definition) is 1. The fourth-order valence-electron chi connectivity index (χ4n) is 2.79. The van der Waals surface area contributed by atoms with E-state index in [4.69, 9.17) is 4.74 Å². The molecule has 1 aliphatic heterocycles. The normalized spacial score (nSPS) is 25.3. The Balaban J connectivity index is 2.19. The van der Waals surface area contributed by atoms with E-state index in [2.05, 4.69) is 5.32 Å². The molecule has 2 atom stereocenters. The average Bonchev–Trinajstić information content (AvgIpc) is 2.39. The molecule has 0 aromatic heterocycles. The number of nitrogens with one attached hydrogen (secondary N) is 1. The number of hydrogen-bond acceptors (Lipinski definition) is 2. The molecule has 0 radical (unpaired) electrons. The van der Waals surface area contributed by atoms with Gasteiger partial charge in [0.25, 0.3) is 0 Å². The quantitative estimate of drug-likeness (QED) is 0.907. The Morgan fingerprint density at radius 1 is 1.32 bits per heavy atom. The molecule has 4 heteroatoms. The van der Waals surface area contributed by atoms with E-state index in [9.17, 15) is 8.78 Å². The molecule has 0 aliphatic carbocycles. The highest BCUT2D eigenvalue weighted by atomic mass is 19.1. The number of rotatable bonds is 4. The lowest BCUT2D eigenvalue weighted by Crippen LogP contribution is -2.52. The number of ether oxygens (including phenoxy) is 1. The molecule has 2 unspecified atom stereocenters. The average molecular weight is 269 g/mol. The maximum Gasteiger partial charge on any atom is 0.129 e. The summed E-state index contributed by atoms with van der Waals surface area (Å²) in [5.41, 5.74) is -0.223. The highest BCUT2D eigenvalue weighted by Gasteiger charge is 2.36. The molecule has 1 N–H and O–H groups in total. The van der Waals surface area contributed by atoms with E-state index >= 15 is 0 Å². The van der Waals surface area contributed by atoms with Crippen LogP contribution in [0, 0.1) is 11.6 Å². The minimum absolute atomic E-state index is 0.0980. The molecule has 2 rings (SSSR count). The summed E-state index contributed by atoms with van der Waals surface area (Å²) in [6.45, 7) is 2.74. The third kappa shape index (κ3) is 3.12. The zero-order valence-electron chi connectivity index (χ0n) is 11.5. The van der Waals surface area contributed by atoms with Crippen LogP contribution in [-0.4, -0.2) is 25.3 Å². The van der Waals surface area contributed by atoms with Crippen LogP contribution in [0.15, 0.2) is 18.2 Å². The first-order valence-corrected chi connectivity index (χ1v) is 6.81. The third-order valence-corrected chi connectivity index (χ3v) is 4.05. The molecule has 1 saturated heterocycles. The van der Waals surface area contributed by atoms with Gasteiger partial charge in [0.05, 0.1) is 5.60 Å². The lowest BCUT2D eigenvalue weighted by Gasteiger charge is -2.40. The van der Waals surface area contributed by atoms with Crippen LogP contribution in [0.4, 0.5) is 8.78 Å². The molecule has 1 fully saturated rings. The van der Waals surface area contributed by atoms with Crippen molar-refractivity contribution >= 4 is 0 Å². The highest BCUT2D eigenvalue weighted by Crippen LogP contribution is 2.30. The zero-order chi connectivity index (χ0) is 13.9. The second kappa shape index (κ2) is 5.97. The Hall–Kier alpha value is -1.00. The Morgan fingerprint density at radius 2 is 2.00 bits per heavy atom. The van der Waals surface area contributed by atoms with Gasteiger partial charge in [-0.3, -0.25) is 0 Å². The van der Waals surface area contributed by atoms with Gasteiger partial charge in [0.15, 0.2) is 0 Å². The van der Waals surface area contributed by atoms with Gasteiger partial charge in [0.1, 0.15) is 11.6 Å². The van der Waals surface area contributed by atoms with E-state index in [1.165, 1.54) is 18.2 Å². The monoisotopic (exact) mass is 269 g/mol. The van der Waals surface area contributed by atoms with Gasteiger partial charge in [-0.25, -0.2) is 8.78 Å². The second-order valence-electron chi connectivity index (χ2n) is 5.36. The van der Waals surface area contributed by atoms with E-state index in [0.29, 0.717) is 13.0 Å². The Morgan fingerprint density at radius 3 is 2.53 bits per heavy atom. The molecule has 0 spiro atoms. The number of likely N-dealkylation sites (N-methyl/N-ethyl adjacent to an activating group) is 1. The molecule has 0 saturated carbocycles. The molecule has 19 heavy (non-hydrogen) atoms. The molecule has 0 bridgehead atoms. The molecule has 1 aromatic rings. The van der Waals surface area contributed by atoms with E-state index in [-0.39, 0.29) is 17.2 Å². The largest absolute Gasteiger partial charge is 0.374 e. The summed E-state index contributed by atoms with van der Waals surface area (Å²) in [7, 11) is 1.81. The molecule has 0 amide bonds. The van der Waals surface area contributed by atoms with Crippen molar-refractivity contribution in [1.29, 1.82) is 0 Å². The first-order chi connectivity index (χ1) is 9.07. The standard InChI is InChI=1S/C15H21F2NO/c1-15(8-3-4-9-19-15)14(18-2)10-11-12(16)6-5-7-13(11)17/h5-7,14,18H,3-4,8-10H2,1-2H3.